The molecule has 1 atom stereocenters. The number of halogens is 2. The van der Waals surface area contributed by atoms with Crippen LogP contribution in [0, 0.1) is 5.82 Å². The number of fused-ring (bicyclic) bond motifs is 1. The van der Waals surface area contributed by atoms with Crippen LogP contribution in [0.3, 0.4) is 0 Å². The highest BCUT2D eigenvalue weighted by molar-refractivity contribution is 6.31. The molecule has 164 valence electrons. The Balaban J connectivity index is 1.68. The number of nitrogens with one attached hydrogen (secondary N) is 2. The van der Waals surface area contributed by atoms with Crippen molar-refractivity contribution in [2.45, 2.75) is 19.6 Å². The Kier molecular flexibility index (Phi) is 6.70. The van der Waals surface area contributed by atoms with E-state index in [1.165, 1.54) is 18.5 Å². The molecule has 1 fully saturated rings. The average Bonchev–Trinajstić information content (AvgIpc) is 2.80. The van der Waals surface area contributed by atoms with E-state index in [9.17, 15) is 4.39 Å². The van der Waals surface area contributed by atoms with Crippen LogP contribution in [0.25, 0.3) is 10.9 Å². The summed E-state index contributed by atoms with van der Waals surface area (Å²) in [6.07, 6.45) is 2.24. The van der Waals surface area contributed by atoms with Crippen LogP contribution >= 0.6 is 11.6 Å². The van der Waals surface area contributed by atoms with Gasteiger partial charge in [0.2, 0.25) is 0 Å². The van der Waals surface area contributed by atoms with Gasteiger partial charge >= 0.3 is 0 Å². The van der Waals surface area contributed by atoms with Crippen molar-refractivity contribution >= 4 is 34.0 Å². The van der Waals surface area contributed by atoms with Crippen LogP contribution < -0.4 is 20.1 Å². The predicted octanol–water partition coefficient (Wildman–Crippen LogP) is 4.19. The van der Waals surface area contributed by atoms with Gasteiger partial charge in [-0.3, -0.25) is 4.90 Å². The zero-order chi connectivity index (χ0) is 21.8. The maximum absolute atomic E-state index is 13.5. The van der Waals surface area contributed by atoms with Gasteiger partial charge in [-0.05, 0) is 30.7 Å². The lowest BCUT2D eigenvalue weighted by molar-refractivity contribution is 0.0128. The molecule has 2 N–H and O–H groups in total. The molecule has 0 bridgehead atoms. The van der Waals surface area contributed by atoms with Crippen molar-refractivity contribution in [3.8, 4) is 11.5 Å². The molecule has 1 unspecified atom stereocenters. The summed E-state index contributed by atoms with van der Waals surface area (Å²) in [4.78, 5) is 11.0. The molecule has 1 saturated heterocycles. The second-order valence-electron chi connectivity index (χ2n) is 7.26. The van der Waals surface area contributed by atoms with Crippen molar-refractivity contribution in [2.24, 2.45) is 0 Å². The quantitative estimate of drug-likeness (QED) is 0.564. The minimum Gasteiger partial charge on any atom is -0.493 e. The molecular weight excluding hydrogens is 421 g/mol. The number of ether oxygens (including phenoxy) is 2. The van der Waals surface area contributed by atoms with Gasteiger partial charge in [0.05, 0.1) is 17.6 Å². The van der Waals surface area contributed by atoms with Crippen LogP contribution in [-0.4, -0.2) is 54.4 Å². The summed E-state index contributed by atoms with van der Waals surface area (Å²) < 4.78 is 25.5. The van der Waals surface area contributed by atoms with Gasteiger partial charge in [0.25, 0.3) is 0 Å². The number of rotatable bonds is 7. The molecule has 0 saturated carbocycles. The first-order valence-electron chi connectivity index (χ1n) is 10.2. The number of hydrogen-bond acceptors (Lipinski definition) is 7. The van der Waals surface area contributed by atoms with Gasteiger partial charge in [-0.15, -0.1) is 0 Å². The van der Waals surface area contributed by atoms with Gasteiger partial charge in [-0.1, -0.05) is 18.5 Å². The molecule has 4 rings (SSSR count). The molecule has 0 radical (unpaired) electrons. The van der Waals surface area contributed by atoms with Crippen molar-refractivity contribution in [2.75, 3.05) is 38.6 Å². The van der Waals surface area contributed by atoms with Crippen molar-refractivity contribution in [3.05, 3.63) is 47.5 Å². The molecule has 2 aromatic carbocycles. The first-order valence-corrected chi connectivity index (χ1v) is 10.6. The highest BCUT2D eigenvalue weighted by Crippen LogP contribution is 2.36. The number of piperazine rings is 1. The van der Waals surface area contributed by atoms with E-state index < -0.39 is 5.82 Å². The molecule has 0 amide bonds. The van der Waals surface area contributed by atoms with Crippen molar-refractivity contribution in [1.29, 1.82) is 0 Å². The maximum atomic E-state index is 13.5. The van der Waals surface area contributed by atoms with E-state index in [1.54, 1.807) is 13.2 Å². The standard InChI is InChI=1S/C22H25ClFN5O2/c1-3-21(29-8-6-25-7-9-29)31-20-11-15-18(12-19(20)30-2)26-13-27-22(15)28-14-4-5-17(24)16(23)10-14/h4-5,10-13,21,25H,3,6-9H2,1-2H3,(H,26,27,28). The van der Waals surface area contributed by atoms with E-state index >= 15 is 0 Å². The fourth-order valence-electron chi connectivity index (χ4n) is 3.66. The molecule has 31 heavy (non-hydrogen) atoms. The minimum atomic E-state index is -0.473. The Morgan fingerprint density at radius 3 is 2.71 bits per heavy atom. The first kappa shape index (κ1) is 21.5. The smallest absolute Gasteiger partial charge is 0.164 e. The summed E-state index contributed by atoms with van der Waals surface area (Å²) >= 11 is 5.92. The second kappa shape index (κ2) is 9.64. The lowest BCUT2D eigenvalue weighted by atomic mass is 10.2. The van der Waals surface area contributed by atoms with Crippen molar-refractivity contribution in [3.63, 3.8) is 0 Å². The Labute approximate surface area is 185 Å². The van der Waals surface area contributed by atoms with Gasteiger partial charge in [-0.2, -0.15) is 0 Å². The molecule has 0 aliphatic carbocycles. The Bertz CT molecular complexity index is 1060. The summed E-state index contributed by atoms with van der Waals surface area (Å²) in [7, 11) is 1.61. The lowest BCUT2D eigenvalue weighted by Gasteiger charge is -2.34. The molecule has 3 aromatic rings. The highest BCUT2D eigenvalue weighted by atomic mass is 35.5. The molecule has 1 aromatic heterocycles. The van der Waals surface area contributed by atoms with Crippen LogP contribution in [0.2, 0.25) is 5.02 Å². The van der Waals surface area contributed by atoms with Crippen LogP contribution in [0.1, 0.15) is 13.3 Å². The lowest BCUT2D eigenvalue weighted by Crippen LogP contribution is -2.50. The summed E-state index contributed by atoms with van der Waals surface area (Å²) in [6, 6.07) is 8.15. The minimum absolute atomic E-state index is 0.0378. The summed E-state index contributed by atoms with van der Waals surface area (Å²) in [5.74, 6) is 1.32. The number of aromatic nitrogens is 2. The number of hydrogen-bond donors (Lipinski definition) is 2. The Hall–Kier alpha value is -2.68. The van der Waals surface area contributed by atoms with E-state index in [0.29, 0.717) is 28.5 Å². The van der Waals surface area contributed by atoms with Crippen molar-refractivity contribution in [1.82, 2.24) is 20.2 Å². The largest absolute Gasteiger partial charge is 0.493 e. The number of methoxy groups -OCH3 is 1. The molecule has 0 spiro atoms. The zero-order valence-corrected chi connectivity index (χ0v) is 18.2. The van der Waals surface area contributed by atoms with E-state index in [-0.39, 0.29) is 11.3 Å². The summed E-state index contributed by atoms with van der Waals surface area (Å²) in [6.45, 7) is 5.84. The van der Waals surface area contributed by atoms with Gasteiger partial charge in [-0.25, -0.2) is 14.4 Å². The predicted molar refractivity (Wildman–Crippen MR) is 120 cm³/mol. The SMILES string of the molecule is CCC(Oc1cc2c(Nc3ccc(F)c(Cl)c3)ncnc2cc1OC)N1CCNCC1. The number of benzene rings is 2. The third-order valence-corrected chi connectivity index (χ3v) is 5.56. The number of anilines is 2. The van der Waals surface area contributed by atoms with Crippen LogP contribution in [0.4, 0.5) is 15.9 Å². The van der Waals surface area contributed by atoms with Gasteiger partial charge < -0.3 is 20.1 Å². The van der Waals surface area contributed by atoms with Crippen LogP contribution in [0.15, 0.2) is 36.7 Å². The van der Waals surface area contributed by atoms with E-state index in [4.69, 9.17) is 21.1 Å². The summed E-state index contributed by atoms with van der Waals surface area (Å²) in [5.41, 5.74) is 1.32. The number of nitrogens with zero attached hydrogens (tertiary/aromatic N) is 3. The monoisotopic (exact) mass is 445 g/mol. The average molecular weight is 446 g/mol. The normalized spacial score (nSPS) is 15.6. The molecular formula is C22H25ClFN5O2. The van der Waals surface area contributed by atoms with Gasteiger partial charge in [0.1, 0.15) is 18.0 Å². The van der Waals surface area contributed by atoms with E-state index in [1.807, 2.05) is 12.1 Å². The molecule has 7 nitrogen and oxygen atoms in total. The van der Waals surface area contributed by atoms with E-state index in [0.717, 1.165) is 38.0 Å². The third kappa shape index (κ3) is 4.81. The topological polar surface area (TPSA) is 71.5 Å². The third-order valence-electron chi connectivity index (χ3n) is 5.27. The maximum Gasteiger partial charge on any atom is 0.164 e. The zero-order valence-electron chi connectivity index (χ0n) is 17.5. The van der Waals surface area contributed by atoms with E-state index in [2.05, 4.69) is 32.4 Å². The van der Waals surface area contributed by atoms with Gasteiger partial charge in [0, 0.05) is 43.3 Å². The fourth-order valence-corrected chi connectivity index (χ4v) is 3.84. The molecule has 9 heteroatoms. The first-order chi connectivity index (χ1) is 15.1. The van der Waals surface area contributed by atoms with Crippen LogP contribution in [0.5, 0.6) is 11.5 Å². The summed E-state index contributed by atoms with van der Waals surface area (Å²) in [5, 5.41) is 7.35. The second-order valence-corrected chi connectivity index (χ2v) is 7.67. The Morgan fingerprint density at radius 2 is 2.00 bits per heavy atom. The highest BCUT2D eigenvalue weighted by Gasteiger charge is 2.22. The van der Waals surface area contributed by atoms with Crippen LogP contribution in [-0.2, 0) is 0 Å². The molecule has 1 aliphatic rings. The van der Waals surface area contributed by atoms with Crippen molar-refractivity contribution < 1.29 is 13.9 Å². The molecule has 2 heterocycles. The molecule has 1 aliphatic heterocycles. The fraction of sp³-hybridized carbons (Fsp3) is 0.364. The Morgan fingerprint density at radius 1 is 1.19 bits per heavy atom. The van der Waals surface area contributed by atoms with Gasteiger partial charge in [0.15, 0.2) is 17.7 Å².